The number of aromatic nitrogens is 2. The Morgan fingerprint density at radius 1 is 1.05 bits per heavy atom. The standard InChI is InChI=1S/C17H13ClN2OS/c1-22-14-9-7-12(8-10-14)11-15(18)17-20-19-16(21-17)13-5-3-2-4-6-13/h2-11H,1H3/b15-11-. The molecule has 5 heteroatoms. The molecular formula is C17H13ClN2OS. The summed E-state index contributed by atoms with van der Waals surface area (Å²) in [7, 11) is 0. The monoisotopic (exact) mass is 328 g/mol. The van der Waals surface area contributed by atoms with Gasteiger partial charge in [0.15, 0.2) is 0 Å². The lowest BCUT2D eigenvalue weighted by atomic mass is 10.2. The van der Waals surface area contributed by atoms with Gasteiger partial charge in [0.2, 0.25) is 5.89 Å². The topological polar surface area (TPSA) is 38.9 Å². The van der Waals surface area contributed by atoms with Crippen LogP contribution in [0, 0.1) is 0 Å². The fourth-order valence-electron chi connectivity index (χ4n) is 1.93. The summed E-state index contributed by atoms with van der Waals surface area (Å²) in [5, 5.41) is 8.46. The lowest BCUT2D eigenvalue weighted by molar-refractivity contribution is 0.556. The summed E-state index contributed by atoms with van der Waals surface area (Å²) in [6.45, 7) is 0. The number of halogens is 1. The van der Waals surface area contributed by atoms with Gasteiger partial charge < -0.3 is 4.42 Å². The molecule has 0 aliphatic heterocycles. The Morgan fingerprint density at radius 3 is 2.45 bits per heavy atom. The Morgan fingerprint density at radius 2 is 1.77 bits per heavy atom. The van der Waals surface area contributed by atoms with E-state index in [-0.39, 0.29) is 0 Å². The first-order valence-electron chi connectivity index (χ1n) is 6.67. The van der Waals surface area contributed by atoms with Crippen LogP contribution in [0.4, 0.5) is 0 Å². The van der Waals surface area contributed by atoms with Crippen LogP contribution in [-0.4, -0.2) is 16.5 Å². The Bertz CT molecular complexity index is 782. The van der Waals surface area contributed by atoms with Crippen LogP contribution in [0.5, 0.6) is 0 Å². The van der Waals surface area contributed by atoms with Crippen molar-refractivity contribution in [1.82, 2.24) is 10.2 Å². The van der Waals surface area contributed by atoms with E-state index in [2.05, 4.69) is 10.2 Å². The maximum atomic E-state index is 6.27. The van der Waals surface area contributed by atoms with Gasteiger partial charge in [-0.05, 0) is 42.2 Å². The maximum Gasteiger partial charge on any atom is 0.259 e. The summed E-state index contributed by atoms with van der Waals surface area (Å²) in [4.78, 5) is 1.21. The molecule has 1 aromatic heterocycles. The Balaban J connectivity index is 1.84. The van der Waals surface area contributed by atoms with Gasteiger partial charge in [-0.25, -0.2) is 0 Å². The highest BCUT2D eigenvalue weighted by atomic mass is 35.5. The van der Waals surface area contributed by atoms with E-state index in [1.54, 1.807) is 11.8 Å². The quantitative estimate of drug-likeness (QED) is 0.617. The van der Waals surface area contributed by atoms with E-state index in [4.69, 9.17) is 16.0 Å². The van der Waals surface area contributed by atoms with Crippen molar-refractivity contribution in [2.75, 3.05) is 6.26 Å². The van der Waals surface area contributed by atoms with Gasteiger partial charge in [-0.2, -0.15) is 0 Å². The molecule has 0 amide bonds. The molecule has 2 aromatic carbocycles. The molecule has 1 heterocycles. The average molecular weight is 329 g/mol. The second-order valence-corrected chi connectivity index (χ2v) is 5.83. The fourth-order valence-corrected chi connectivity index (χ4v) is 2.54. The smallest absolute Gasteiger partial charge is 0.259 e. The van der Waals surface area contributed by atoms with Crippen LogP contribution in [0.2, 0.25) is 0 Å². The van der Waals surface area contributed by atoms with Crippen LogP contribution in [-0.2, 0) is 0 Å². The van der Waals surface area contributed by atoms with E-state index in [0.29, 0.717) is 16.8 Å². The Labute approximate surface area is 138 Å². The molecule has 22 heavy (non-hydrogen) atoms. The van der Waals surface area contributed by atoms with E-state index in [1.165, 1.54) is 4.90 Å². The van der Waals surface area contributed by atoms with Crippen LogP contribution >= 0.6 is 23.4 Å². The summed E-state index contributed by atoms with van der Waals surface area (Å²) in [6, 6.07) is 17.7. The van der Waals surface area contributed by atoms with Crippen LogP contribution in [0.15, 0.2) is 63.9 Å². The van der Waals surface area contributed by atoms with Crippen molar-refractivity contribution in [1.29, 1.82) is 0 Å². The number of hydrogen-bond acceptors (Lipinski definition) is 4. The third-order valence-electron chi connectivity index (χ3n) is 3.06. The van der Waals surface area contributed by atoms with Crippen LogP contribution in [0.1, 0.15) is 11.5 Å². The number of thioether (sulfide) groups is 1. The first kappa shape index (κ1) is 14.9. The molecule has 0 radical (unpaired) electrons. The first-order valence-corrected chi connectivity index (χ1v) is 8.27. The third-order valence-corrected chi connectivity index (χ3v) is 4.07. The van der Waals surface area contributed by atoms with Crippen LogP contribution in [0.3, 0.4) is 0 Å². The second kappa shape index (κ2) is 6.81. The molecule has 0 spiro atoms. The molecule has 0 saturated heterocycles. The lowest BCUT2D eigenvalue weighted by Gasteiger charge is -1.98. The van der Waals surface area contributed by atoms with Crippen molar-refractivity contribution in [3.63, 3.8) is 0 Å². The highest BCUT2D eigenvalue weighted by Gasteiger charge is 2.10. The van der Waals surface area contributed by atoms with Crippen molar-refractivity contribution in [2.45, 2.75) is 4.90 Å². The number of hydrogen-bond donors (Lipinski definition) is 0. The molecule has 3 aromatic rings. The summed E-state index contributed by atoms with van der Waals surface area (Å²) in [6.07, 6.45) is 3.86. The van der Waals surface area contributed by atoms with E-state index in [1.807, 2.05) is 66.9 Å². The summed E-state index contributed by atoms with van der Waals surface area (Å²) in [5.41, 5.74) is 1.86. The van der Waals surface area contributed by atoms with Crippen molar-refractivity contribution in [3.8, 4) is 11.5 Å². The fraction of sp³-hybridized carbons (Fsp3) is 0.0588. The molecule has 110 valence electrons. The van der Waals surface area contributed by atoms with Crippen molar-refractivity contribution >= 4 is 34.5 Å². The van der Waals surface area contributed by atoms with E-state index in [0.717, 1.165) is 11.1 Å². The molecular weight excluding hydrogens is 316 g/mol. The SMILES string of the molecule is CSc1ccc(/C=C(\Cl)c2nnc(-c3ccccc3)o2)cc1. The minimum absolute atomic E-state index is 0.314. The average Bonchev–Trinajstić information content (AvgIpc) is 3.06. The molecule has 0 atom stereocenters. The van der Waals surface area contributed by atoms with Crippen molar-refractivity contribution in [3.05, 3.63) is 66.1 Å². The van der Waals surface area contributed by atoms with Gasteiger partial charge in [0.05, 0.1) is 0 Å². The van der Waals surface area contributed by atoms with Gasteiger partial charge in [0, 0.05) is 10.5 Å². The number of nitrogens with zero attached hydrogens (tertiary/aromatic N) is 2. The predicted molar refractivity (Wildman–Crippen MR) is 91.7 cm³/mol. The molecule has 3 rings (SSSR count). The van der Waals surface area contributed by atoms with Gasteiger partial charge in [-0.15, -0.1) is 22.0 Å². The van der Waals surface area contributed by atoms with E-state index < -0.39 is 0 Å². The Kier molecular flexibility index (Phi) is 4.61. The summed E-state index contributed by atoms with van der Waals surface area (Å²) >= 11 is 7.97. The zero-order chi connectivity index (χ0) is 15.4. The van der Waals surface area contributed by atoms with Gasteiger partial charge in [0.1, 0.15) is 5.03 Å². The molecule has 0 saturated carbocycles. The number of rotatable bonds is 4. The van der Waals surface area contributed by atoms with Crippen LogP contribution in [0.25, 0.3) is 22.6 Å². The largest absolute Gasteiger partial charge is 0.415 e. The highest BCUT2D eigenvalue weighted by molar-refractivity contribution is 7.98. The van der Waals surface area contributed by atoms with Gasteiger partial charge in [-0.3, -0.25) is 0 Å². The van der Waals surface area contributed by atoms with Gasteiger partial charge in [-0.1, -0.05) is 41.9 Å². The summed E-state index contributed by atoms with van der Waals surface area (Å²) in [5.74, 6) is 0.773. The Hall–Kier alpha value is -2.04. The van der Waals surface area contributed by atoms with Crippen LogP contribution < -0.4 is 0 Å². The second-order valence-electron chi connectivity index (χ2n) is 4.54. The molecule has 0 unspecified atom stereocenters. The zero-order valence-corrected chi connectivity index (χ0v) is 13.4. The normalized spacial score (nSPS) is 11.6. The van der Waals surface area contributed by atoms with Crippen molar-refractivity contribution < 1.29 is 4.42 Å². The minimum Gasteiger partial charge on any atom is -0.415 e. The zero-order valence-electron chi connectivity index (χ0n) is 11.9. The molecule has 0 aliphatic carbocycles. The highest BCUT2D eigenvalue weighted by Crippen LogP contribution is 2.25. The third kappa shape index (κ3) is 3.40. The predicted octanol–water partition coefficient (Wildman–Crippen LogP) is 5.20. The molecule has 0 N–H and O–H groups in total. The first-order chi connectivity index (χ1) is 10.8. The molecule has 0 bridgehead atoms. The lowest BCUT2D eigenvalue weighted by Crippen LogP contribution is -1.78. The van der Waals surface area contributed by atoms with E-state index in [9.17, 15) is 0 Å². The van der Waals surface area contributed by atoms with Crippen molar-refractivity contribution in [2.24, 2.45) is 0 Å². The minimum atomic E-state index is 0.314. The number of benzene rings is 2. The summed E-state index contributed by atoms with van der Waals surface area (Å²) < 4.78 is 5.62. The molecule has 3 nitrogen and oxygen atoms in total. The molecule has 0 aliphatic rings. The van der Waals surface area contributed by atoms with Gasteiger partial charge >= 0.3 is 0 Å². The molecule has 0 fully saturated rings. The van der Waals surface area contributed by atoms with Gasteiger partial charge in [0.25, 0.3) is 5.89 Å². The van der Waals surface area contributed by atoms with E-state index >= 15 is 0 Å². The maximum absolute atomic E-state index is 6.27.